The van der Waals surface area contributed by atoms with Gasteiger partial charge >= 0.3 is 6.09 Å². The smallest absolute Gasteiger partial charge is 0.413 e. The molecule has 2 amide bonds. The van der Waals surface area contributed by atoms with Gasteiger partial charge in [-0.1, -0.05) is 12.1 Å². The first kappa shape index (κ1) is 16.0. The van der Waals surface area contributed by atoms with E-state index in [0.29, 0.717) is 10.8 Å². The normalized spacial score (nSPS) is 10.1. The molecule has 116 valence electrons. The molecule has 2 rings (SSSR count). The molecule has 1 aromatic carbocycles. The number of methoxy groups -OCH3 is 1. The molecule has 6 nitrogen and oxygen atoms in total. The van der Waals surface area contributed by atoms with Crippen LogP contribution in [0.3, 0.4) is 0 Å². The van der Waals surface area contributed by atoms with Gasteiger partial charge in [0.25, 0.3) is 0 Å². The second kappa shape index (κ2) is 7.04. The number of hydrogen-bond donors (Lipinski definition) is 2. The number of aromatic nitrogens is 1. The number of nitrogens with zero attached hydrogens (tertiary/aromatic N) is 1. The molecule has 0 aliphatic rings. The first-order valence-corrected chi connectivity index (χ1v) is 7.53. The van der Waals surface area contributed by atoms with Crippen LogP contribution in [-0.2, 0) is 16.0 Å². The van der Waals surface area contributed by atoms with E-state index in [1.807, 2.05) is 32.0 Å². The Balaban J connectivity index is 1.97. The van der Waals surface area contributed by atoms with Crippen molar-refractivity contribution >= 4 is 34.2 Å². The topological polar surface area (TPSA) is 80.3 Å². The molecular formula is C15H17N3O3S. The maximum absolute atomic E-state index is 12.1. The Labute approximate surface area is 132 Å². The van der Waals surface area contributed by atoms with Crippen LogP contribution in [0, 0.1) is 13.8 Å². The molecule has 22 heavy (non-hydrogen) atoms. The van der Waals surface area contributed by atoms with Crippen LogP contribution in [0.15, 0.2) is 23.6 Å². The summed E-state index contributed by atoms with van der Waals surface area (Å²) in [5.74, 6) is -0.149. The van der Waals surface area contributed by atoms with Crippen molar-refractivity contribution in [3.63, 3.8) is 0 Å². The summed E-state index contributed by atoms with van der Waals surface area (Å²) >= 11 is 1.24. The van der Waals surface area contributed by atoms with E-state index in [1.165, 1.54) is 18.4 Å². The molecule has 0 fully saturated rings. The standard InChI is InChI=1S/C15H17N3O3S/c1-9-5-4-6-12(10(9)2)17-13(19)7-11-8-22-14(16-11)18-15(20)21-3/h4-6,8H,7H2,1-3H3,(H,17,19)(H,16,18,20). The fourth-order valence-corrected chi connectivity index (χ4v) is 2.53. The summed E-state index contributed by atoms with van der Waals surface area (Å²) in [5.41, 5.74) is 3.56. The molecule has 0 radical (unpaired) electrons. The highest BCUT2D eigenvalue weighted by atomic mass is 32.1. The Morgan fingerprint density at radius 2 is 2.05 bits per heavy atom. The summed E-state index contributed by atoms with van der Waals surface area (Å²) in [7, 11) is 1.28. The van der Waals surface area contributed by atoms with Gasteiger partial charge in [-0.05, 0) is 31.0 Å². The third-order valence-corrected chi connectivity index (χ3v) is 3.97. The minimum absolute atomic E-state index is 0.146. The zero-order valence-corrected chi connectivity index (χ0v) is 13.4. The average molecular weight is 319 g/mol. The molecule has 0 unspecified atom stereocenters. The first-order valence-electron chi connectivity index (χ1n) is 6.65. The summed E-state index contributed by atoms with van der Waals surface area (Å²) in [6.07, 6.45) is -0.437. The molecule has 1 aromatic heterocycles. The van der Waals surface area contributed by atoms with Crippen LogP contribution in [0.2, 0.25) is 0 Å². The van der Waals surface area contributed by atoms with Gasteiger partial charge in [0.15, 0.2) is 5.13 Å². The Bertz CT molecular complexity index is 697. The average Bonchev–Trinajstić information content (AvgIpc) is 2.90. The number of carbonyl (C=O) groups excluding carboxylic acids is 2. The Morgan fingerprint density at radius 1 is 1.27 bits per heavy atom. The van der Waals surface area contributed by atoms with Gasteiger partial charge in [-0.2, -0.15) is 0 Å². The van der Waals surface area contributed by atoms with Crippen LogP contribution in [0.5, 0.6) is 0 Å². The van der Waals surface area contributed by atoms with Crippen molar-refractivity contribution in [2.75, 3.05) is 17.7 Å². The van der Waals surface area contributed by atoms with Gasteiger partial charge in [-0.15, -0.1) is 11.3 Å². The van der Waals surface area contributed by atoms with Gasteiger partial charge in [0.1, 0.15) is 0 Å². The van der Waals surface area contributed by atoms with Crippen LogP contribution in [0.1, 0.15) is 16.8 Å². The lowest BCUT2D eigenvalue weighted by Crippen LogP contribution is -2.16. The van der Waals surface area contributed by atoms with Crippen molar-refractivity contribution in [1.29, 1.82) is 0 Å². The Hall–Kier alpha value is -2.41. The van der Waals surface area contributed by atoms with Crippen molar-refractivity contribution in [3.05, 3.63) is 40.4 Å². The van der Waals surface area contributed by atoms with E-state index in [2.05, 4.69) is 20.4 Å². The number of ether oxygens (including phenoxy) is 1. The maximum Gasteiger partial charge on any atom is 0.413 e. The van der Waals surface area contributed by atoms with E-state index in [9.17, 15) is 9.59 Å². The lowest BCUT2D eigenvalue weighted by molar-refractivity contribution is -0.115. The van der Waals surface area contributed by atoms with Crippen LogP contribution in [0.25, 0.3) is 0 Å². The third-order valence-electron chi connectivity index (χ3n) is 3.17. The van der Waals surface area contributed by atoms with Crippen molar-refractivity contribution in [1.82, 2.24) is 4.98 Å². The fourth-order valence-electron chi connectivity index (χ4n) is 1.83. The highest BCUT2D eigenvalue weighted by Gasteiger charge is 2.11. The zero-order chi connectivity index (χ0) is 16.1. The molecule has 0 spiro atoms. The minimum Gasteiger partial charge on any atom is -0.453 e. The van der Waals surface area contributed by atoms with Gasteiger partial charge in [0.05, 0.1) is 19.2 Å². The van der Waals surface area contributed by atoms with Gasteiger partial charge in [-0.25, -0.2) is 9.78 Å². The summed E-state index contributed by atoms with van der Waals surface area (Å²) < 4.78 is 4.49. The van der Waals surface area contributed by atoms with E-state index in [1.54, 1.807) is 5.38 Å². The van der Waals surface area contributed by atoms with Crippen LogP contribution >= 0.6 is 11.3 Å². The number of rotatable bonds is 4. The highest BCUT2D eigenvalue weighted by molar-refractivity contribution is 7.13. The monoisotopic (exact) mass is 319 g/mol. The molecule has 0 atom stereocenters. The number of benzene rings is 1. The number of nitrogens with one attached hydrogen (secondary N) is 2. The predicted molar refractivity (Wildman–Crippen MR) is 86.4 cm³/mol. The van der Waals surface area contributed by atoms with Gasteiger partial charge < -0.3 is 10.1 Å². The Morgan fingerprint density at radius 3 is 2.77 bits per heavy atom. The molecule has 0 bridgehead atoms. The van der Waals surface area contributed by atoms with E-state index in [4.69, 9.17) is 0 Å². The van der Waals surface area contributed by atoms with Crippen molar-refractivity contribution in [3.8, 4) is 0 Å². The first-order chi connectivity index (χ1) is 10.5. The van der Waals surface area contributed by atoms with E-state index < -0.39 is 6.09 Å². The minimum atomic E-state index is -0.583. The van der Waals surface area contributed by atoms with E-state index in [-0.39, 0.29) is 12.3 Å². The molecular weight excluding hydrogens is 302 g/mol. The fraction of sp³-hybridized carbons (Fsp3) is 0.267. The number of amides is 2. The summed E-state index contributed by atoms with van der Waals surface area (Å²) in [6, 6.07) is 5.76. The number of anilines is 2. The van der Waals surface area contributed by atoms with Crippen molar-refractivity contribution in [2.24, 2.45) is 0 Å². The number of thiazole rings is 1. The molecule has 0 saturated heterocycles. The second-order valence-electron chi connectivity index (χ2n) is 4.73. The molecule has 2 aromatic rings. The second-order valence-corrected chi connectivity index (χ2v) is 5.59. The summed E-state index contributed by atoms with van der Waals surface area (Å²) in [6.45, 7) is 3.96. The highest BCUT2D eigenvalue weighted by Crippen LogP contribution is 2.19. The SMILES string of the molecule is COC(=O)Nc1nc(CC(=O)Nc2cccc(C)c2C)cs1. The molecule has 0 saturated carbocycles. The molecule has 0 aliphatic carbocycles. The number of aryl methyl sites for hydroxylation is 1. The summed E-state index contributed by atoms with van der Waals surface area (Å²) in [5, 5.41) is 7.47. The van der Waals surface area contributed by atoms with E-state index in [0.717, 1.165) is 16.8 Å². The molecule has 1 heterocycles. The lowest BCUT2D eigenvalue weighted by Gasteiger charge is -2.09. The van der Waals surface area contributed by atoms with Gasteiger partial charge in [0, 0.05) is 11.1 Å². The summed E-state index contributed by atoms with van der Waals surface area (Å²) in [4.78, 5) is 27.3. The molecule has 7 heteroatoms. The van der Waals surface area contributed by atoms with Crippen LogP contribution < -0.4 is 10.6 Å². The zero-order valence-electron chi connectivity index (χ0n) is 12.6. The van der Waals surface area contributed by atoms with Crippen LogP contribution in [0.4, 0.5) is 15.6 Å². The Kier molecular flexibility index (Phi) is 5.11. The van der Waals surface area contributed by atoms with Gasteiger partial charge in [0.2, 0.25) is 5.91 Å². The maximum atomic E-state index is 12.1. The molecule has 2 N–H and O–H groups in total. The largest absolute Gasteiger partial charge is 0.453 e. The number of hydrogen-bond acceptors (Lipinski definition) is 5. The quantitative estimate of drug-likeness (QED) is 0.907. The van der Waals surface area contributed by atoms with Crippen molar-refractivity contribution < 1.29 is 14.3 Å². The van der Waals surface area contributed by atoms with Gasteiger partial charge in [-0.3, -0.25) is 10.1 Å². The molecule has 0 aliphatic heterocycles. The van der Waals surface area contributed by atoms with Crippen LogP contribution in [-0.4, -0.2) is 24.1 Å². The lowest BCUT2D eigenvalue weighted by atomic mass is 10.1. The predicted octanol–water partition coefficient (Wildman–Crippen LogP) is 3.12. The number of carbonyl (C=O) groups is 2. The third kappa shape index (κ3) is 4.05. The van der Waals surface area contributed by atoms with Crippen molar-refractivity contribution in [2.45, 2.75) is 20.3 Å². The van der Waals surface area contributed by atoms with E-state index >= 15 is 0 Å².